The molecule has 11 nitrogen and oxygen atoms in total. The second-order valence-electron chi connectivity index (χ2n) is 9.27. The molecule has 0 saturated heterocycles. The van der Waals surface area contributed by atoms with Gasteiger partial charge >= 0.3 is 6.18 Å². The Morgan fingerprint density at radius 1 is 1.15 bits per heavy atom. The fourth-order valence-electron chi connectivity index (χ4n) is 4.95. The number of fused-ring (bicyclic) bond motifs is 3. The topological polar surface area (TPSA) is 121 Å². The zero-order valence-electron chi connectivity index (χ0n) is 19.9. The maximum atomic E-state index is 14.1. The number of nitrogens with zero attached hydrogens (tertiary/aromatic N) is 9. The molecule has 1 aliphatic carbocycles. The van der Waals surface area contributed by atoms with E-state index in [9.17, 15) is 22.4 Å². The largest absolute Gasteiger partial charge is 0.408 e. The zero-order valence-corrected chi connectivity index (χ0v) is 20.7. The number of carbonyl (C=O) groups excluding carboxylic acids is 1. The summed E-state index contributed by atoms with van der Waals surface area (Å²) in [6.45, 7) is 0.469. The molecule has 0 saturated carbocycles. The van der Waals surface area contributed by atoms with E-state index in [-0.39, 0.29) is 22.9 Å². The normalized spacial score (nSPS) is 19.0. The van der Waals surface area contributed by atoms with Crippen LogP contribution in [0.3, 0.4) is 0 Å². The molecule has 1 N–H and O–H groups in total. The van der Waals surface area contributed by atoms with Crippen molar-refractivity contribution in [3.05, 3.63) is 77.1 Å². The number of halogens is 5. The third-order valence-corrected chi connectivity index (χ3v) is 6.90. The molecule has 0 spiro atoms. The SMILES string of the molecule is CC1(c2cnn(CC(F)(F)F)c2)CC(C(=O)Nc2cnc(-n3nccn3)c(Cl)c2)c2cnc3cc(F)nn3c21. The molecule has 5 aromatic heterocycles. The van der Waals surface area contributed by atoms with Gasteiger partial charge in [0.1, 0.15) is 6.54 Å². The van der Waals surface area contributed by atoms with E-state index in [1.165, 1.54) is 52.6 Å². The summed E-state index contributed by atoms with van der Waals surface area (Å²) < 4.78 is 55.1. The Labute approximate surface area is 221 Å². The lowest BCUT2D eigenvalue weighted by atomic mass is 9.80. The van der Waals surface area contributed by atoms with Crippen LogP contribution in [0.1, 0.15) is 36.1 Å². The molecular formula is C23H17ClF4N10O. The highest BCUT2D eigenvalue weighted by atomic mass is 35.5. The second-order valence-corrected chi connectivity index (χ2v) is 9.67. The fourth-order valence-corrected chi connectivity index (χ4v) is 5.19. The fraction of sp³-hybridized carbons (Fsp3) is 0.261. The van der Waals surface area contributed by atoms with Crippen LogP contribution in [0, 0.1) is 5.95 Å². The zero-order chi connectivity index (χ0) is 27.5. The third kappa shape index (κ3) is 4.37. The summed E-state index contributed by atoms with van der Waals surface area (Å²) in [5.41, 5.74) is 0.734. The Kier molecular flexibility index (Phi) is 5.64. The lowest BCUT2D eigenvalue weighted by Crippen LogP contribution is -2.25. The van der Waals surface area contributed by atoms with Crippen molar-refractivity contribution in [2.45, 2.75) is 37.4 Å². The molecule has 200 valence electrons. The van der Waals surface area contributed by atoms with Crippen LogP contribution in [-0.4, -0.2) is 56.4 Å². The molecule has 2 atom stereocenters. The number of amides is 1. The molecule has 0 radical (unpaired) electrons. The van der Waals surface area contributed by atoms with Crippen molar-refractivity contribution in [3.63, 3.8) is 0 Å². The van der Waals surface area contributed by atoms with Gasteiger partial charge in [-0.3, -0.25) is 9.48 Å². The highest BCUT2D eigenvalue weighted by Gasteiger charge is 2.48. The highest BCUT2D eigenvalue weighted by Crippen LogP contribution is 2.50. The van der Waals surface area contributed by atoms with Crippen LogP contribution in [0.4, 0.5) is 23.2 Å². The van der Waals surface area contributed by atoms with Gasteiger partial charge in [-0.1, -0.05) is 11.6 Å². The first-order valence-corrected chi connectivity index (χ1v) is 11.9. The number of anilines is 1. The first-order chi connectivity index (χ1) is 18.5. The molecule has 39 heavy (non-hydrogen) atoms. The third-order valence-electron chi connectivity index (χ3n) is 6.62. The van der Waals surface area contributed by atoms with Gasteiger partial charge in [0.2, 0.25) is 11.9 Å². The van der Waals surface area contributed by atoms with E-state index in [4.69, 9.17) is 11.6 Å². The summed E-state index contributed by atoms with van der Waals surface area (Å²) in [5.74, 6) is -1.78. The number of hydrogen-bond acceptors (Lipinski definition) is 7. The van der Waals surface area contributed by atoms with Crippen molar-refractivity contribution in [2.75, 3.05) is 5.32 Å². The molecule has 6 rings (SSSR count). The Morgan fingerprint density at radius 2 is 1.92 bits per heavy atom. The van der Waals surface area contributed by atoms with Gasteiger partial charge in [-0.15, -0.1) is 9.90 Å². The van der Waals surface area contributed by atoms with Crippen molar-refractivity contribution >= 4 is 28.8 Å². The van der Waals surface area contributed by atoms with E-state index < -0.39 is 35.9 Å². The van der Waals surface area contributed by atoms with Gasteiger partial charge in [0.25, 0.3) is 0 Å². The van der Waals surface area contributed by atoms with Gasteiger partial charge in [-0.25, -0.2) is 14.5 Å². The van der Waals surface area contributed by atoms with Crippen molar-refractivity contribution in [2.24, 2.45) is 0 Å². The number of rotatable bonds is 5. The van der Waals surface area contributed by atoms with Crippen molar-refractivity contribution in [3.8, 4) is 5.82 Å². The van der Waals surface area contributed by atoms with Crippen LogP contribution >= 0.6 is 11.6 Å². The minimum atomic E-state index is -4.47. The highest BCUT2D eigenvalue weighted by molar-refractivity contribution is 6.32. The summed E-state index contributed by atoms with van der Waals surface area (Å²) in [4.78, 5) is 23.2. The maximum absolute atomic E-state index is 14.1. The maximum Gasteiger partial charge on any atom is 0.408 e. The van der Waals surface area contributed by atoms with E-state index >= 15 is 0 Å². The predicted molar refractivity (Wildman–Crippen MR) is 128 cm³/mol. The molecule has 5 aromatic rings. The van der Waals surface area contributed by atoms with Crippen molar-refractivity contribution in [1.82, 2.24) is 44.4 Å². The summed E-state index contributed by atoms with van der Waals surface area (Å²) in [6.07, 6.45) is 4.02. The summed E-state index contributed by atoms with van der Waals surface area (Å²) in [5, 5.41) is 18.7. The number of carbonyl (C=O) groups is 1. The van der Waals surface area contributed by atoms with E-state index in [0.29, 0.717) is 22.5 Å². The Hall–Kier alpha value is -4.40. The average molecular weight is 561 g/mol. The minimum absolute atomic E-state index is 0.130. The van der Waals surface area contributed by atoms with Gasteiger partial charge < -0.3 is 5.32 Å². The Bertz CT molecular complexity index is 1710. The van der Waals surface area contributed by atoms with E-state index in [2.05, 4.69) is 35.7 Å². The standard InChI is InChI=1S/C23H17ClF4N10O/c1-22(12-7-33-36(10-12)11-23(26,27)28)6-14(15-9-29-18-5-17(25)35-37(18)19(15)22)21(39)34-13-4-16(24)20(30-8-13)38-31-2-3-32-38/h2-5,7-10,14H,6,11H2,1H3,(H,34,39). The first kappa shape index (κ1) is 24.9. The van der Waals surface area contributed by atoms with Gasteiger partial charge in [0, 0.05) is 35.0 Å². The van der Waals surface area contributed by atoms with Gasteiger partial charge in [-0.2, -0.15) is 32.9 Å². The smallest absolute Gasteiger partial charge is 0.324 e. The quantitative estimate of drug-likeness (QED) is 0.325. The van der Waals surface area contributed by atoms with Crippen LogP contribution in [0.25, 0.3) is 11.5 Å². The molecule has 1 amide bonds. The lowest BCUT2D eigenvalue weighted by Gasteiger charge is -2.24. The Morgan fingerprint density at radius 3 is 2.64 bits per heavy atom. The molecule has 0 fully saturated rings. The number of pyridine rings is 1. The van der Waals surface area contributed by atoms with Crippen LogP contribution < -0.4 is 5.32 Å². The van der Waals surface area contributed by atoms with E-state index in [1.54, 1.807) is 6.92 Å². The summed E-state index contributed by atoms with van der Waals surface area (Å²) in [6, 6.07) is 2.62. The van der Waals surface area contributed by atoms with Crippen molar-refractivity contribution in [1.29, 1.82) is 0 Å². The average Bonchev–Trinajstić information content (AvgIpc) is 3.64. The second kappa shape index (κ2) is 8.83. The van der Waals surface area contributed by atoms with Crippen molar-refractivity contribution < 1.29 is 22.4 Å². The molecule has 0 aliphatic heterocycles. The summed E-state index contributed by atoms with van der Waals surface area (Å²) >= 11 is 6.33. The predicted octanol–water partition coefficient (Wildman–Crippen LogP) is 3.69. The molecular weight excluding hydrogens is 544 g/mol. The monoisotopic (exact) mass is 560 g/mol. The molecule has 16 heteroatoms. The van der Waals surface area contributed by atoms with E-state index in [0.717, 1.165) is 10.7 Å². The van der Waals surface area contributed by atoms with Crippen LogP contribution in [0.15, 0.2) is 49.3 Å². The number of nitrogens with one attached hydrogen (secondary N) is 1. The number of alkyl halides is 3. The molecule has 5 heterocycles. The number of hydrogen-bond donors (Lipinski definition) is 1. The van der Waals surface area contributed by atoms with Gasteiger partial charge in [0.15, 0.2) is 11.5 Å². The van der Waals surface area contributed by atoms with Crippen LogP contribution in [0.5, 0.6) is 0 Å². The first-order valence-electron chi connectivity index (χ1n) is 11.5. The van der Waals surface area contributed by atoms with Gasteiger partial charge in [0.05, 0.1) is 47.1 Å². The van der Waals surface area contributed by atoms with E-state index in [1.807, 2.05) is 0 Å². The van der Waals surface area contributed by atoms with Gasteiger partial charge in [-0.05, 0) is 19.4 Å². The molecule has 2 unspecified atom stereocenters. The lowest BCUT2D eigenvalue weighted by molar-refractivity contribution is -0.142. The summed E-state index contributed by atoms with van der Waals surface area (Å²) in [7, 11) is 0. The van der Waals surface area contributed by atoms with Crippen LogP contribution in [0.2, 0.25) is 5.02 Å². The number of aromatic nitrogens is 9. The molecule has 0 bridgehead atoms. The molecule has 1 aliphatic rings. The minimum Gasteiger partial charge on any atom is -0.324 e. The van der Waals surface area contributed by atoms with Crippen LogP contribution in [-0.2, 0) is 16.8 Å². The molecule has 0 aromatic carbocycles. The Balaban J connectivity index is 1.37.